The second-order valence-electron chi connectivity index (χ2n) is 8.03. The average Bonchev–Trinajstić information content (AvgIpc) is 3.21. The molecule has 4 rings (SSSR count). The first-order chi connectivity index (χ1) is 12.5. The molecule has 1 amide bonds. The van der Waals surface area contributed by atoms with Crippen molar-refractivity contribution in [3.8, 4) is 5.69 Å². The number of piperidine rings is 1. The summed E-state index contributed by atoms with van der Waals surface area (Å²) >= 11 is 0. The summed E-state index contributed by atoms with van der Waals surface area (Å²) in [5.74, 6) is 0.433. The van der Waals surface area contributed by atoms with Gasteiger partial charge in [-0.15, -0.1) is 24.8 Å². The highest BCUT2D eigenvalue weighted by Crippen LogP contribution is 2.58. The number of nitrogens with one attached hydrogen (secondary N) is 2. The van der Waals surface area contributed by atoms with Crippen molar-refractivity contribution >= 4 is 30.7 Å². The summed E-state index contributed by atoms with van der Waals surface area (Å²) in [5, 5.41) is 11.1. The van der Waals surface area contributed by atoms with Gasteiger partial charge in [-0.2, -0.15) is 5.10 Å². The van der Waals surface area contributed by atoms with Gasteiger partial charge < -0.3 is 10.6 Å². The summed E-state index contributed by atoms with van der Waals surface area (Å²) in [5.41, 5.74) is 4.60. The lowest BCUT2D eigenvalue weighted by Crippen LogP contribution is -2.34. The first kappa shape index (κ1) is 22.7. The summed E-state index contributed by atoms with van der Waals surface area (Å²) in [6.07, 6.45) is 3.33. The van der Waals surface area contributed by atoms with Gasteiger partial charge in [-0.25, -0.2) is 4.68 Å². The largest absolute Gasteiger partial charge is 0.349 e. The van der Waals surface area contributed by atoms with Gasteiger partial charge in [-0.1, -0.05) is 12.1 Å². The molecule has 1 aromatic carbocycles. The third kappa shape index (κ3) is 4.37. The van der Waals surface area contributed by atoms with E-state index in [1.54, 1.807) is 0 Å². The molecular formula is C21H30Cl2N4O. The SMILES string of the molecule is Cc1cc(C)n(-c2ccc(C(C)NC(=O)C3CC34CCNCC4)cc2)n1.Cl.Cl. The molecule has 2 atom stereocenters. The van der Waals surface area contributed by atoms with Crippen molar-refractivity contribution in [3.63, 3.8) is 0 Å². The van der Waals surface area contributed by atoms with Crippen LogP contribution in [0.25, 0.3) is 5.69 Å². The molecule has 2 aromatic rings. The lowest BCUT2D eigenvalue weighted by molar-refractivity contribution is -0.123. The number of aromatic nitrogens is 2. The molecule has 28 heavy (non-hydrogen) atoms. The van der Waals surface area contributed by atoms with Crippen LogP contribution in [0.15, 0.2) is 30.3 Å². The van der Waals surface area contributed by atoms with Gasteiger partial charge in [0.05, 0.1) is 17.4 Å². The second kappa shape index (κ2) is 8.85. The smallest absolute Gasteiger partial charge is 0.224 e. The molecule has 1 saturated heterocycles. The number of hydrogen-bond acceptors (Lipinski definition) is 3. The fourth-order valence-corrected chi connectivity index (χ4v) is 4.39. The highest BCUT2D eigenvalue weighted by atomic mass is 35.5. The maximum absolute atomic E-state index is 12.7. The number of nitrogens with zero attached hydrogens (tertiary/aromatic N) is 2. The van der Waals surface area contributed by atoms with Crippen LogP contribution in [0.1, 0.15) is 49.2 Å². The summed E-state index contributed by atoms with van der Waals surface area (Å²) in [4.78, 5) is 12.7. The van der Waals surface area contributed by atoms with Gasteiger partial charge in [-0.05, 0) is 82.3 Å². The fraction of sp³-hybridized carbons (Fsp3) is 0.524. The van der Waals surface area contributed by atoms with Gasteiger partial charge in [0.1, 0.15) is 0 Å². The Balaban J connectivity index is 0.00000140. The molecule has 0 radical (unpaired) electrons. The van der Waals surface area contributed by atoms with Gasteiger partial charge >= 0.3 is 0 Å². The zero-order chi connectivity index (χ0) is 18.3. The number of halogens is 2. The Kier molecular flexibility index (Phi) is 7.18. The van der Waals surface area contributed by atoms with Crippen molar-refractivity contribution in [3.05, 3.63) is 47.3 Å². The van der Waals surface area contributed by atoms with Gasteiger partial charge in [0.25, 0.3) is 0 Å². The summed E-state index contributed by atoms with van der Waals surface area (Å²) in [6.45, 7) is 8.22. The molecule has 2 heterocycles. The topological polar surface area (TPSA) is 59.0 Å². The van der Waals surface area contributed by atoms with Crippen LogP contribution >= 0.6 is 24.8 Å². The molecule has 2 aliphatic rings. The predicted molar refractivity (Wildman–Crippen MR) is 117 cm³/mol. The van der Waals surface area contributed by atoms with E-state index in [4.69, 9.17) is 0 Å². The van der Waals surface area contributed by atoms with E-state index in [0.717, 1.165) is 55.0 Å². The van der Waals surface area contributed by atoms with Crippen molar-refractivity contribution in [1.29, 1.82) is 0 Å². The lowest BCUT2D eigenvalue weighted by Gasteiger charge is -2.24. The fourth-order valence-electron chi connectivity index (χ4n) is 4.39. The molecule has 1 aliphatic heterocycles. The van der Waals surface area contributed by atoms with E-state index in [-0.39, 0.29) is 48.1 Å². The van der Waals surface area contributed by atoms with Crippen LogP contribution in [0.2, 0.25) is 0 Å². The van der Waals surface area contributed by atoms with Gasteiger partial charge in [0.2, 0.25) is 5.91 Å². The van der Waals surface area contributed by atoms with Crippen molar-refractivity contribution in [2.24, 2.45) is 11.3 Å². The molecule has 2 fully saturated rings. The Morgan fingerprint density at radius 3 is 2.43 bits per heavy atom. The molecule has 5 nitrogen and oxygen atoms in total. The van der Waals surface area contributed by atoms with E-state index < -0.39 is 0 Å². The molecule has 1 aromatic heterocycles. The maximum Gasteiger partial charge on any atom is 0.224 e. The minimum atomic E-state index is 0. The van der Waals surface area contributed by atoms with Crippen molar-refractivity contribution < 1.29 is 4.79 Å². The van der Waals surface area contributed by atoms with Crippen LogP contribution in [-0.2, 0) is 4.79 Å². The Hall–Kier alpha value is -1.56. The van der Waals surface area contributed by atoms with Crippen LogP contribution in [0, 0.1) is 25.2 Å². The van der Waals surface area contributed by atoms with Crippen LogP contribution in [0.5, 0.6) is 0 Å². The van der Waals surface area contributed by atoms with E-state index >= 15 is 0 Å². The molecular weight excluding hydrogens is 395 g/mol. The third-order valence-corrected chi connectivity index (χ3v) is 6.11. The minimum absolute atomic E-state index is 0. The first-order valence-electron chi connectivity index (χ1n) is 9.63. The normalized spacial score (nSPS) is 20.6. The molecule has 0 bridgehead atoms. The summed E-state index contributed by atoms with van der Waals surface area (Å²) < 4.78 is 1.95. The zero-order valence-electron chi connectivity index (χ0n) is 16.7. The number of hydrogen-bond donors (Lipinski definition) is 2. The predicted octanol–water partition coefficient (Wildman–Crippen LogP) is 3.90. The molecule has 1 spiro atoms. The summed E-state index contributed by atoms with van der Waals surface area (Å²) in [6, 6.07) is 10.4. The number of benzene rings is 1. The number of amides is 1. The zero-order valence-corrected chi connectivity index (χ0v) is 18.3. The highest BCUT2D eigenvalue weighted by molar-refractivity contribution is 5.85. The van der Waals surface area contributed by atoms with Gasteiger partial charge in [0.15, 0.2) is 0 Å². The quantitative estimate of drug-likeness (QED) is 0.781. The van der Waals surface area contributed by atoms with Crippen LogP contribution < -0.4 is 10.6 Å². The Labute approximate surface area is 179 Å². The molecule has 154 valence electrons. The van der Waals surface area contributed by atoms with E-state index in [2.05, 4.69) is 59.9 Å². The minimum Gasteiger partial charge on any atom is -0.349 e. The number of carbonyl (C=O) groups is 1. The van der Waals surface area contributed by atoms with Crippen LogP contribution in [-0.4, -0.2) is 28.8 Å². The molecule has 2 N–H and O–H groups in total. The Bertz CT molecular complexity index is 812. The Morgan fingerprint density at radius 1 is 1.21 bits per heavy atom. The number of carbonyl (C=O) groups excluding carboxylic acids is 1. The molecule has 7 heteroatoms. The van der Waals surface area contributed by atoms with E-state index in [0.29, 0.717) is 0 Å². The average molecular weight is 425 g/mol. The number of aryl methyl sites for hydroxylation is 2. The Morgan fingerprint density at radius 2 is 1.86 bits per heavy atom. The maximum atomic E-state index is 12.7. The van der Waals surface area contributed by atoms with E-state index in [1.165, 1.54) is 0 Å². The summed E-state index contributed by atoms with van der Waals surface area (Å²) in [7, 11) is 0. The molecule has 2 unspecified atom stereocenters. The monoisotopic (exact) mass is 424 g/mol. The first-order valence-corrected chi connectivity index (χ1v) is 9.63. The molecule has 1 aliphatic carbocycles. The van der Waals surface area contributed by atoms with Crippen LogP contribution in [0.4, 0.5) is 0 Å². The number of rotatable bonds is 4. The van der Waals surface area contributed by atoms with Crippen molar-refractivity contribution in [1.82, 2.24) is 20.4 Å². The molecule has 1 saturated carbocycles. The van der Waals surface area contributed by atoms with Gasteiger partial charge in [0, 0.05) is 11.6 Å². The van der Waals surface area contributed by atoms with Gasteiger partial charge in [-0.3, -0.25) is 4.79 Å². The standard InChI is InChI=1S/C21H28N4O.2ClH/c1-14-12-15(2)25(24-14)18-6-4-17(5-7-18)16(3)23-20(26)19-13-21(19)8-10-22-11-9-21;;/h4-7,12,16,19,22H,8-11,13H2,1-3H3,(H,23,26);2*1H. The highest BCUT2D eigenvalue weighted by Gasteiger charge is 2.57. The second-order valence-corrected chi connectivity index (χ2v) is 8.03. The third-order valence-electron chi connectivity index (χ3n) is 6.11. The van der Waals surface area contributed by atoms with Crippen LogP contribution in [0.3, 0.4) is 0 Å². The van der Waals surface area contributed by atoms with Crippen molar-refractivity contribution in [2.45, 2.75) is 46.1 Å². The van der Waals surface area contributed by atoms with E-state index in [9.17, 15) is 4.79 Å². The van der Waals surface area contributed by atoms with E-state index in [1.807, 2.05) is 11.6 Å². The van der Waals surface area contributed by atoms with Crippen molar-refractivity contribution in [2.75, 3.05) is 13.1 Å². The lowest BCUT2D eigenvalue weighted by atomic mass is 9.91.